The van der Waals surface area contributed by atoms with Crippen molar-refractivity contribution >= 4 is 38.3 Å². The molecule has 0 aliphatic heterocycles. The van der Waals surface area contributed by atoms with Crippen LogP contribution in [-0.4, -0.2) is 23.7 Å². The van der Waals surface area contributed by atoms with Gasteiger partial charge in [0, 0.05) is 0 Å². The van der Waals surface area contributed by atoms with Gasteiger partial charge in [0.2, 0.25) is 0 Å². The van der Waals surface area contributed by atoms with Gasteiger partial charge in [0.1, 0.15) is 0 Å². The average Bonchev–Trinajstić information content (AvgIpc) is 2.52. The SMILES string of the molecule is CC(C)CCCCCN(CCCCCC(C)C)SC(=S)[N]([Mo])[Mo]=[S]. The van der Waals surface area contributed by atoms with Crippen molar-refractivity contribution in [3.63, 3.8) is 0 Å². The summed E-state index contributed by atoms with van der Waals surface area (Å²) in [7, 11) is 5.24. The van der Waals surface area contributed by atoms with Crippen LogP contribution in [0.1, 0.15) is 79.1 Å². The third-order valence-electron chi connectivity index (χ3n) is 3.80. The molecule has 0 aliphatic rings. The van der Waals surface area contributed by atoms with E-state index in [2.05, 4.69) is 34.0 Å². The standard InChI is InChI=1S/C17H34N2S2.2Mo.S/c1-15(2)11-7-5-9-13-19(21-17(18)20)14-10-6-8-12-16(3)4;;;/h15-16H,5-14H2,1-4H3;;;. The van der Waals surface area contributed by atoms with Gasteiger partial charge in [0.15, 0.2) is 0 Å². The summed E-state index contributed by atoms with van der Waals surface area (Å²) in [6.45, 7) is 11.6. The van der Waals surface area contributed by atoms with Crippen LogP contribution in [0, 0.1) is 11.8 Å². The summed E-state index contributed by atoms with van der Waals surface area (Å²) in [5, 5.41) is 0. The van der Waals surface area contributed by atoms with Gasteiger partial charge in [-0.3, -0.25) is 0 Å². The molecule has 142 valence electrons. The summed E-state index contributed by atoms with van der Waals surface area (Å²) in [6, 6.07) is 0. The van der Waals surface area contributed by atoms with Gasteiger partial charge in [-0.1, -0.05) is 0 Å². The quantitative estimate of drug-likeness (QED) is 0.104. The topological polar surface area (TPSA) is 6.48 Å². The van der Waals surface area contributed by atoms with Crippen LogP contribution in [0.15, 0.2) is 0 Å². The van der Waals surface area contributed by atoms with Gasteiger partial charge in [0.05, 0.1) is 0 Å². The molecule has 2 nitrogen and oxygen atoms in total. The van der Waals surface area contributed by atoms with Crippen molar-refractivity contribution < 1.29 is 37.1 Å². The van der Waals surface area contributed by atoms with Gasteiger partial charge in [-0.05, 0) is 0 Å². The van der Waals surface area contributed by atoms with E-state index in [1.165, 1.54) is 51.4 Å². The summed E-state index contributed by atoms with van der Waals surface area (Å²) in [4.78, 5) is 0. The molecular formula is C17H34Mo2N2S3. The molecule has 0 saturated heterocycles. The number of thiocarbonyl (C=S) groups is 1. The molecule has 0 aromatic carbocycles. The van der Waals surface area contributed by atoms with Crippen molar-refractivity contribution in [2.75, 3.05) is 13.1 Å². The first kappa shape index (κ1) is 25.8. The summed E-state index contributed by atoms with van der Waals surface area (Å²) in [5.74, 6) is 1.66. The van der Waals surface area contributed by atoms with Crippen LogP contribution in [0.5, 0.6) is 0 Å². The molecule has 0 aromatic rings. The summed E-state index contributed by atoms with van der Waals surface area (Å²) in [6.07, 6.45) is 10.6. The number of unbranched alkanes of at least 4 members (excludes halogenated alkanes) is 4. The Labute approximate surface area is 184 Å². The fraction of sp³-hybridized carbons (Fsp3) is 0.941. The van der Waals surface area contributed by atoms with Crippen LogP contribution in [0.3, 0.4) is 0 Å². The predicted molar refractivity (Wildman–Crippen MR) is 108 cm³/mol. The zero-order chi connectivity index (χ0) is 18.4. The third kappa shape index (κ3) is 16.0. The van der Waals surface area contributed by atoms with Crippen LogP contribution in [0.2, 0.25) is 0 Å². The molecule has 0 bridgehead atoms. The van der Waals surface area contributed by atoms with Gasteiger partial charge in [-0.2, -0.15) is 0 Å². The average molecular weight is 555 g/mol. The third-order valence-corrected chi connectivity index (χ3v) is 11.1. The monoisotopic (exact) mass is 558 g/mol. The maximum absolute atomic E-state index is 5.54. The van der Waals surface area contributed by atoms with Crippen molar-refractivity contribution in [1.82, 2.24) is 6.32 Å². The Morgan fingerprint density at radius 3 is 1.75 bits per heavy atom. The fourth-order valence-corrected chi connectivity index (χ4v) is 5.54. The molecule has 0 aromatic heterocycles. The summed E-state index contributed by atoms with van der Waals surface area (Å²) in [5.41, 5.74) is 0. The molecule has 0 radical (unpaired) electrons. The van der Waals surface area contributed by atoms with Gasteiger partial charge in [-0.25, -0.2) is 0 Å². The van der Waals surface area contributed by atoms with Gasteiger partial charge in [-0.15, -0.1) is 0 Å². The van der Waals surface area contributed by atoms with E-state index in [1.807, 2.05) is 20.1 Å². The van der Waals surface area contributed by atoms with Crippen LogP contribution < -0.4 is 0 Å². The first-order chi connectivity index (χ1) is 11.4. The van der Waals surface area contributed by atoms with Gasteiger partial charge >= 0.3 is 186 Å². The molecule has 0 spiro atoms. The number of hydrogen-bond acceptors (Lipinski definition) is 4. The maximum atomic E-state index is 5.54. The second-order valence-corrected chi connectivity index (χ2v) is 13.5. The van der Waals surface area contributed by atoms with Crippen molar-refractivity contribution in [2.45, 2.75) is 79.1 Å². The number of hydrogen-bond donors (Lipinski definition) is 0. The van der Waals surface area contributed by atoms with Gasteiger partial charge in [0.25, 0.3) is 0 Å². The van der Waals surface area contributed by atoms with Crippen LogP contribution in [-0.2, 0) is 37.1 Å². The summed E-state index contributed by atoms with van der Waals surface area (Å²) < 4.78 is 5.59. The molecule has 0 unspecified atom stereocenters. The minimum atomic E-state index is -0.518. The Hall–Kier alpha value is 1.80. The van der Waals surface area contributed by atoms with Crippen molar-refractivity contribution in [3.8, 4) is 0 Å². The molecule has 7 heteroatoms. The Bertz CT molecular complexity index is 324. The second-order valence-electron chi connectivity index (χ2n) is 7.10. The van der Waals surface area contributed by atoms with Crippen molar-refractivity contribution in [2.24, 2.45) is 11.8 Å². The minimum absolute atomic E-state index is 0.518. The molecule has 0 amide bonds. The first-order valence-electron chi connectivity index (χ1n) is 9.10. The Morgan fingerprint density at radius 1 is 0.917 bits per heavy atom. The number of rotatable bonds is 14. The van der Waals surface area contributed by atoms with Crippen LogP contribution in [0.25, 0.3) is 0 Å². The van der Waals surface area contributed by atoms with E-state index in [4.69, 9.17) is 22.0 Å². The van der Waals surface area contributed by atoms with E-state index >= 15 is 0 Å². The molecular weight excluding hydrogens is 520 g/mol. The summed E-state index contributed by atoms with van der Waals surface area (Å²) >= 11 is 8.76. The van der Waals surface area contributed by atoms with Gasteiger partial charge < -0.3 is 0 Å². The first-order valence-corrected chi connectivity index (χ1v) is 14.9. The molecule has 0 saturated carbocycles. The second kappa shape index (κ2) is 16.9. The molecule has 0 rings (SSSR count). The van der Waals surface area contributed by atoms with E-state index in [0.29, 0.717) is 0 Å². The zero-order valence-electron chi connectivity index (χ0n) is 15.7. The molecule has 0 fully saturated rings. The van der Waals surface area contributed by atoms with Crippen LogP contribution in [0.4, 0.5) is 0 Å². The normalized spacial score (nSPS) is 11.5. The van der Waals surface area contributed by atoms with E-state index in [1.54, 1.807) is 11.9 Å². The number of nitrogens with zero attached hydrogens (tertiary/aromatic N) is 2. The van der Waals surface area contributed by atoms with E-state index in [0.717, 1.165) is 29.2 Å². The van der Waals surface area contributed by atoms with E-state index in [9.17, 15) is 0 Å². The Morgan fingerprint density at radius 2 is 1.38 bits per heavy atom. The zero-order valence-corrected chi connectivity index (χ0v) is 22.1. The molecule has 0 heterocycles. The van der Waals surface area contributed by atoms with E-state index < -0.39 is 17.0 Å². The fourth-order valence-electron chi connectivity index (χ4n) is 2.41. The van der Waals surface area contributed by atoms with Crippen molar-refractivity contribution in [3.05, 3.63) is 0 Å². The molecule has 0 atom stereocenters. The van der Waals surface area contributed by atoms with Crippen LogP contribution >= 0.6 is 34.0 Å². The predicted octanol–water partition coefficient (Wildman–Crippen LogP) is 6.53. The Kier molecular flexibility index (Phi) is 18.2. The Balaban J connectivity index is 4.13. The van der Waals surface area contributed by atoms with E-state index in [-0.39, 0.29) is 0 Å². The molecule has 24 heavy (non-hydrogen) atoms. The molecule has 0 aliphatic carbocycles. The van der Waals surface area contributed by atoms with Crippen molar-refractivity contribution in [1.29, 1.82) is 0 Å². The molecule has 0 N–H and O–H groups in total.